The van der Waals surface area contributed by atoms with Gasteiger partial charge in [-0.2, -0.15) is 5.10 Å². The molecule has 0 atom stereocenters. The first-order chi connectivity index (χ1) is 6.91. The van der Waals surface area contributed by atoms with Crippen molar-refractivity contribution in [3.8, 4) is 0 Å². The largest absolute Gasteiger partial charge is 0.477 e. The third-order valence-corrected chi connectivity index (χ3v) is 1.55. The van der Waals surface area contributed by atoms with Gasteiger partial charge in [-0.15, -0.1) is 0 Å². The molecule has 15 heavy (non-hydrogen) atoms. The molecule has 0 unspecified atom stereocenters. The summed E-state index contributed by atoms with van der Waals surface area (Å²) in [6.07, 6.45) is -5.84. The van der Waals surface area contributed by atoms with E-state index in [1.807, 2.05) is 0 Å². The third-order valence-electron chi connectivity index (χ3n) is 1.55. The first kappa shape index (κ1) is 11.5. The summed E-state index contributed by atoms with van der Waals surface area (Å²) in [5.74, 6) is -1.57. The van der Waals surface area contributed by atoms with Crippen molar-refractivity contribution in [1.29, 1.82) is 0 Å². The van der Waals surface area contributed by atoms with Crippen LogP contribution in [0.2, 0.25) is 0 Å². The molecule has 0 bridgehead atoms. The van der Waals surface area contributed by atoms with Crippen molar-refractivity contribution in [2.75, 3.05) is 0 Å². The molecule has 1 aromatic heterocycles. The molecule has 0 fully saturated rings. The van der Waals surface area contributed by atoms with Gasteiger partial charge in [-0.1, -0.05) is 0 Å². The monoisotopic (exact) mass is 226 g/mol. The van der Waals surface area contributed by atoms with E-state index >= 15 is 0 Å². The minimum atomic E-state index is -2.98. The van der Waals surface area contributed by atoms with Crippen LogP contribution in [0.15, 0.2) is 6.07 Å². The molecular weight excluding hydrogens is 220 g/mol. The van der Waals surface area contributed by atoms with Gasteiger partial charge in [0.2, 0.25) is 0 Å². The van der Waals surface area contributed by atoms with Gasteiger partial charge < -0.3 is 5.11 Å². The summed E-state index contributed by atoms with van der Waals surface area (Å²) in [6.45, 7) is -1.02. The van der Waals surface area contributed by atoms with Crippen molar-refractivity contribution < 1.29 is 27.5 Å². The molecule has 0 saturated carbocycles. The third kappa shape index (κ3) is 2.67. The summed E-state index contributed by atoms with van der Waals surface area (Å²) in [4.78, 5) is 10.5. The Morgan fingerprint density at radius 1 is 1.47 bits per heavy atom. The van der Waals surface area contributed by atoms with Crippen LogP contribution in [0.3, 0.4) is 0 Å². The van der Waals surface area contributed by atoms with Crippen molar-refractivity contribution in [3.63, 3.8) is 0 Å². The first-order valence-corrected chi connectivity index (χ1v) is 3.79. The molecule has 0 spiro atoms. The average molecular weight is 226 g/mol. The summed E-state index contributed by atoms with van der Waals surface area (Å²) in [6, 6.07) is 0.579. The molecule has 8 heteroatoms. The lowest BCUT2D eigenvalue weighted by molar-refractivity contribution is 0.0671. The van der Waals surface area contributed by atoms with E-state index < -0.39 is 36.8 Å². The molecule has 0 amide bonds. The Hall–Kier alpha value is -1.60. The lowest BCUT2D eigenvalue weighted by Gasteiger charge is -2.02. The molecule has 4 nitrogen and oxygen atoms in total. The molecule has 0 aromatic carbocycles. The molecule has 1 rings (SSSR count). The molecule has 1 heterocycles. The highest BCUT2D eigenvalue weighted by atomic mass is 19.3. The Morgan fingerprint density at radius 2 is 2.07 bits per heavy atom. The predicted molar refractivity (Wildman–Crippen MR) is 40.1 cm³/mol. The van der Waals surface area contributed by atoms with Gasteiger partial charge in [0, 0.05) is 0 Å². The van der Waals surface area contributed by atoms with Crippen molar-refractivity contribution in [2.45, 2.75) is 19.4 Å². The van der Waals surface area contributed by atoms with Gasteiger partial charge >= 0.3 is 5.97 Å². The van der Waals surface area contributed by atoms with Crippen molar-refractivity contribution in [2.24, 2.45) is 0 Å². The van der Waals surface area contributed by atoms with Crippen LogP contribution in [-0.4, -0.2) is 27.3 Å². The van der Waals surface area contributed by atoms with Crippen LogP contribution < -0.4 is 0 Å². The number of alkyl halides is 4. The summed E-state index contributed by atoms with van der Waals surface area (Å²) < 4.78 is 48.4. The second-order valence-electron chi connectivity index (χ2n) is 2.63. The summed E-state index contributed by atoms with van der Waals surface area (Å²) in [7, 11) is 0. The number of rotatable bonds is 4. The molecule has 0 aliphatic carbocycles. The van der Waals surface area contributed by atoms with E-state index in [4.69, 9.17) is 5.11 Å². The van der Waals surface area contributed by atoms with Crippen LogP contribution in [0.25, 0.3) is 0 Å². The van der Waals surface area contributed by atoms with Crippen LogP contribution >= 0.6 is 0 Å². The number of hydrogen-bond donors (Lipinski definition) is 1. The van der Waals surface area contributed by atoms with E-state index in [-0.39, 0.29) is 0 Å². The number of aromatic carboxylic acids is 1. The number of carbonyl (C=O) groups is 1. The highest BCUT2D eigenvalue weighted by Crippen LogP contribution is 2.18. The highest BCUT2D eigenvalue weighted by Gasteiger charge is 2.21. The van der Waals surface area contributed by atoms with Gasteiger partial charge in [0.05, 0.1) is 0 Å². The van der Waals surface area contributed by atoms with E-state index in [9.17, 15) is 22.4 Å². The van der Waals surface area contributed by atoms with E-state index in [2.05, 4.69) is 5.10 Å². The predicted octanol–water partition coefficient (Wildman–Crippen LogP) is 1.78. The Morgan fingerprint density at radius 3 is 2.47 bits per heavy atom. The molecule has 0 radical (unpaired) electrons. The quantitative estimate of drug-likeness (QED) is 0.796. The number of aromatic nitrogens is 2. The number of hydrogen-bond acceptors (Lipinski definition) is 2. The molecule has 0 saturated heterocycles. The zero-order valence-electron chi connectivity index (χ0n) is 7.20. The average Bonchev–Trinajstić information content (AvgIpc) is 2.46. The maximum Gasteiger partial charge on any atom is 0.354 e. The smallest absolute Gasteiger partial charge is 0.354 e. The Bertz CT molecular complexity index is 364. The van der Waals surface area contributed by atoms with Crippen LogP contribution in [0.1, 0.15) is 22.6 Å². The molecule has 1 aromatic rings. The summed E-state index contributed by atoms with van der Waals surface area (Å²) >= 11 is 0. The van der Waals surface area contributed by atoms with E-state index in [0.717, 1.165) is 0 Å². The van der Waals surface area contributed by atoms with Gasteiger partial charge in [0.25, 0.3) is 12.9 Å². The second kappa shape index (κ2) is 4.28. The maximum atomic E-state index is 12.1. The van der Waals surface area contributed by atoms with Gasteiger partial charge in [-0.3, -0.25) is 4.68 Å². The van der Waals surface area contributed by atoms with Gasteiger partial charge in [0.1, 0.15) is 17.9 Å². The standard InChI is InChI=1S/C7H6F4N2O2/c8-5(9)2-13-4(7(14)15)1-3(12-13)6(10)11/h1,5-6H,2H2,(H,14,15). The SMILES string of the molecule is O=C(O)c1cc(C(F)F)nn1CC(F)F. The molecule has 1 N–H and O–H groups in total. The number of carboxylic acid groups (broad SMARTS) is 1. The van der Waals surface area contributed by atoms with E-state index in [1.165, 1.54) is 0 Å². The lowest BCUT2D eigenvalue weighted by Crippen LogP contribution is -2.14. The van der Waals surface area contributed by atoms with Crippen LogP contribution in [0.4, 0.5) is 17.6 Å². The van der Waals surface area contributed by atoms with Crippen LogP contribution in [-0.2, 0) is 6.54 Å². The lowest BCUT2D eigenvalue weighted by atomic mass is 10.3. The number of nitrogens with zero attached hydrogens (tertiary/aromatic N) is 2. The first-order valence-electron chi connectivity index (χ1n) is 3.79. The molecular formula is C7H6F4N2O2. The second-order valence-corrected chi connectivity index (χ2v) is 2.63. The zero-order chi connectivity index (χ0) is 11.6. The Balaban J connectivity index is 3.06. The zero-order valence-corrected chi connectivity index (χ0v) is 7.20. The number of halogens is 4. The van der Waals surface area contributed by atoms with Crippen LogP contribution in [0.5, 0.6) is 0 Å². The summed E-state index contributed by atoms with van der Waals surface area (Å²) in [5, 5.41) is 11.6. The van der Waals surface area contributed by atoms with E-state index in [0.29, 0.717) is 10.7 Å². The molecule has 0 aliphatic heterocycles. The van der Waals surface area contributed by atoms with Gasteiger partial charge in [0.15, 0.2) is 0 Å². The fraction of sp³-hybridized carbons (Fsp3) is 0.429. The molecule has 0 aliphatic rings. The fourth-order valence-electron chi connectivity index (χ4n) is 0.985. The van der Waals surface area contributed by atoms with Gasteiger partial charge in [-0.05, 0) is 6.07 Å². The fourth-order valence-corrected chi connectivity index (χ4v) is 0.985. The van der Waals surface area contributed by atoms with E-state index in [1.54, 1.807) is 0 Å². The normalized spacial score (nSPS) is 11.3. The van der Waals surface area contributed by atoms with Crippen molar-refractivity contribution in [3.05, 3.63) is 17.5 Å². The topological polar surface area (TPSA) is 55.1 Å². The minimum Gasteiger partial charge on any atom is -0.477 e. The van der Waals surface area contributed by atoms with Gasteiger partial charge in [-0.25, -0.2) is 22.4 Å². The summed E-state index contributed by atoms with van der Waals surface area (Å²) in [5.41, 5.74) is -1.50. The Kier molecular flexibility index (Phi) is 3.28. The Labute approximate surface area is 81.1 Å². The molecule has 84 valence electrons. The highest BCUT2D eigenvalue weighted by molar-refractivity contribution is 5.85. The maximum absolute atomic E-state index is 12.1. The van der Waals surface area contributed by atoms with Crippen molar-refractivity contribution in [1.82, 2.24) is 9.78 Å². The number of carboxylic acids is 1. The van der Waals surface area contributed by atoms with Crippen molar-refractivity contribution >= 4 is 5.97 Å². The minimum absolute atomic E-state index is 0.356. The van der Waals surface area contributed by atoms with Crippen LogP contribution in [0, 0.1) is 0 Å².